The molecule has 0 aromatic carbocycles. The zero-order valence-corrected chi connectivity index (χ0v) is 9.13. The Morgan fingerprint density at radius 3 is 2.38 bits per heavy atom. The number of nitrogens with zero attached hydrogens (tertiary/aromatic N) is 1. The van der Waals surface area contributed by atoms with Gasteiger partial charge in [-0.3, -0.25) is 4.79 Å². The second-order valence-electron chi connectivity index (χ2n) is 3.44. The van der Waals surface area contributed by atoms with Crippen LogP contribution in [-0.4, -0.2) is 48.3 Å². The topological polar surface area (TPSA) is 66.6 Å². The molecule has 0 saturated carbocycles. The summed E-state index contributed by atoms with van der Waals surface area (Å²) in [6, 6.07) is 0. The van der Waals surface area contributed by atoms with E-state index in [-0.39, 0.29) is 13.1 Å². The van der Waals surface area contributed by atoms with Crippen molar-refractivity contribution in [3.8, 4) is 0 Å². The molecule has 7 heteroatoms. The van der Waals surface area contributed by atoms with Crippen molar-refractivity contribution in [1.82, 2.24) is 4.90 Å². The summed E-state index contributed by atoms with van der Waals surface area (Å²) in [6.07, 6.45) is -4.08. The summed E-state index contributed by atoms with van der Waals surface area (Å²) >= 11 is 0. The quantitative estimate of drug-likeness (QED) is 0.706. The molecule has 0 aromatic rings. The molecule has 0 radical (unpaired) electrons. The molecule has 3 N–H and O–H groups in total. The summed E-state index contributed by atoms with van der Waals surface area (Å²) < 4.78 is 36.5. The molecule has 0 saturated heterocycles. The van der Waals surface area contributed by atoms with Crippen LogP contribution in [0.2, 0.25) is 0 Å². The smallest absolute Gasteiger partial charge is 0.395 e. The van der Waals surface area contributed by atoms with Crippen molar-refractivity contribution in [3.63, 3.8) is 0 Å². The Morgan fingerprint density at radius 1 is 1.50 bits per heavy atom. The molecule has 96 valence electrons. The van der Waals surface area contributed by atoms with Gasteiger partial charge >= 0.3 is 6.18 Å². The van der Waals surface area contributed by atoms with Crippen LogP contribution in [0, 0.1) is 5.92 Å². The number of alkyl halides is 3. The number of halogens is 3. The Morgan fingerprint density at radius 2 is 2.06 bits per heavy atom. The van der Waals surface area contributed by atoms with Crippen LogP contribution in [0.4, 0.5) is 13.2 Å². The predicted octanol–water partition coefficient (Wildman–Crippen LogP) is 0.354. The van der Waals surface area contributed by atoms with E-state index >= 15 is 0 Å². The van der Waals surface area contributed by atoms with Crippen LogP contribution in [0.15, 0.2) is 0 Å². The molecule has 0 aromatic heterocycles. The molecule has 4 nitrogen and oxygen atoms in total. The van der Waals surface area contributed by atoms with Crippen LogP contribution in [0.1, 0.15) is 13.3 Å². The lowest BCUT2D eigenvalue weighted by Gasteiger charge is -2.26. The Labute approximate surface area is 92.2 Å². The summed E-state index contributed by atoms with van der Waals surface area (Å²) in [4.78, 5) is 12.2. The number of rotatable bonds is 6. The van der Waals surface area contributed by atoms with Crippen molar-refractivity contribution < 1.29 is 23.1 Å². The summed E-state index contributed by atoms with van der Waals surface area (Å²) in [5.41, 5.74) is 5.29. The van der Waals surface area contributed by atoms with Crippen molar-refractivity contribution in [2.75, 3.05) is 26.2 Å². The first kappa shape index (κ1) is 15.2. The first-order chi connectivity index (χ1) is 7.35. The van der Waals surface area contributed by atoms with Crippen molar-refractivity contribution in [1.29, 1.82) is 0 Å². The average molecular weight is 242 g/mol. The second-order valence-corrected chi connectivity index (χ2v) is 3.44. The summed E-state index contributed by atoms with van der Waals surface area (Å²) in [6.45, 7) is -0.476. The van der Waals surface area contributed by atoms with Gasteiger partial charge in [-0.05, 0) is 6.42 Å². The molecule has 0 spiro atoms. The minimum absolute atomic E-state index is 0.00905. The third-order valence-corrected chi connectivity index (χ3v) is 2.18. The monoisotopic (exact) mass is 242 g/mol. The largest absolute Gasteiger partial charge is 0.406 e. The summed E-state index contributed by atoms with van der Waals surface area (Å²) in [5, 5.41) is 8.62. The number of carbonyl (C=O) groups excluding carboxylic acids is 1. The van der Waals surface area contributed by atoms with Crippen molar-refractivity contribution >= 4 is 5.91 Å². The molecule has 1 amide bonds. The molecule has 0 aliphatic carbocycles. The van der Waals surface area contributed by atoms with E-state index in [0.717, 1.165) is 0 Å². The SMILES string of the molecule is CCC(CN)C(=O)N(CCO)CC(F)(F)F. The van der Waals surface area contributed by atoms with Gasteiger partial charge in [-0.1, -0.05) is 6.92 Å². The van der Waals surface area contributed by atoms with E-state index in [0.29, 0.717) is 11.3 Å². The van der Waals surface area contributed by atoms with Gasteiger partial charge in [0.25, 0.3) is 0 Å². The second kappa shape index (κ2) is 6.70. The van der Waals surface area contributed by atoms with Gasteiger partial charge in [0.1, 0.15) is 6.54 Å². The van der Waals surface area contributed by atoms with E-state index in [1.54, 1.807) is 6.92 Å². The van der Waals surface area contributed by atoms with Gasteiger partial charge in [-0.2, -0.15) is 13.2 Å². The van der Waals surface area contributed by atoms with Crippen molar-refractivity contribution in [3.05, 3.63) is 0 Å². The molecule has 0 aliphatic rings. The molecule has 1 atom stereocenters. The highest BCUT2D eigenvalue weighted by Gasteiger charge is 2.34. The Kier molecular flexibility index (Phi) is 6.35. The van der Waals surface area contributed by atoms with Crippen LogP contribution in [0.25, 0.3) is 0 Å². The predicted molar refractivity (Wildman–Crippen MR) is 52.6 cm³/mol. The first-order valence-corrected chi connectivity index (χ1v) is 5.02. The van der Waals surface area contributed by atoms with E-state index in [1.807, 2.05) is 0 Å². The Balaban J connectivity index is 4.57. The molecular formula is C9H17F3N2O2. The number of hydrogen-bond acceptors (Lipinski definition) is 3. The molecule has 1 unspecified atom stereocenters. The molecule has 0 rings (SSSR count). The zero-order chi connectivity index (χ0) is 12.8. The minimum atomic E-state index is -4.46. The highest BCUT2D eigenvalue weighted by molar-refractivity contribution is 5.79. The maximum atomic E-state index is 12.2. The fraction of sp³-hybridized carbons (Fsp3) is 0.889. The maximum absolute atomic E-state index is 12.2. The van der Waals surface area contributed by atoms with E-state index in [1.165, 1.54) is 0 Å². The number of nitrogens with two attached hydrogens (primary N) is 1. The summed E-state index contributed by atoms with van der Waals surface area (Å²) in [5.74, 6) is -1.27. The van der Waals surface area contributed by atoms with Gasteiger partial charge in [0.15, 0.2) is 0 Å². The zero-order valence-electron chi connectivity index (χ0n) is 9.13. The lowest BCUT2D eigenvalue weighted by atomic mass is 10.1. The first-order valence-electron chi connectivity index (χ1n) is 5.02. The molecular weight excluding hydrogens is 225 g/mol. The van der Waals surface area contributed by atoms with Gasteiger partial charge in [0.05, 0.1) is 12.5 Å². The fourth-order valence-corrected chi connectivity index (χ4v) is 1.30. The number of hydrogen-bond donors (Lipinski definition) is 2. The van der Waals surface area contributed by atoms with Crippen LogP contribution < -0.4 is 5.73 Å². The fourth-order valence-electron chi connectivity index (χ4n) is 1.30. The van der Waals surface area contributed by atoms with Gasteiger partial charge in [0.2, 0.25) is 5.91 Å². The maximum Gasteiger partial charge on any atom is 0.406 e. The highest BCUT2D eigenvalue weighted by atomic mass is 19.4. The molecule has 0 fully saturated rings. The average Bonchev–Trinajstić information content (AvgIpc) is 2.17. The van der Waals surface area contributed by atoms with Crippen LogP contribution in [-0.2, 0) is 4.79 Å². The lowest BCUT2D eigenvalue weighted by Crippen LogP contribution is -2.45. The lowest BCUT2D eigenvalue weighted by molar-refractivity contribution is -0.164. The van der Waals surface area contributed by atoms with E-state index in [4.69, 9.17) is 10.8 Å². The number of amides is 1. The van der Waals surface area contributed by atoms with Gasteiger partial charge in [-0.25, -0.2) is 0 Å². The normalized spacial score (nSPS) is 13.6. The van der Waals surface area contributed by atoms with Gasteiger partial charge in [0, 0.05) is 13.1 Å². The van der Waals surface area contributed by atoms with E-state index in [9.17, 15) is 18.0 Å². The molecule has 0 heterocycles. The molecule has 0 bridgehead atoms. The molecule has 16 heavy (non-hydrogen) atoms. The Bertz CT molecular complexity index is 217. The third-order valence-electron chi connectivity index (χ3n) is 2.18. The van der Waals surface area contributed by atoms with Crippen LogP contribution in [0.3, 0.4) is 0 Å². The van der Waals surface area contributed by atoms with Crippen LogP contribution >= 0.6 is 0 Å². The van der Waals surface area contributed by atoms with Crippen molar-refractivity contribution in [2.24, 2.45) is 11.7 Å². The van der Waals surface area contributed by atoms with Gasteiger partial charge < -0.3 is 15.7 Å². The van der Waals surface area contributed by atoms with E-state index < -0.39 is 31.2 Å². The number of aliphatic hydroxyl groups excluding tert-OH is 1. The van der Waals surface area contributed by atoms with Crippen LogP contribution in [0.5, 0.6) is 0 Å². The van der Waals surface area contributed by atoms with E-state index in [2.05, 4.69) is 0 Å². The van der Waals surface area contributed by atoms with Crippen molar-refractivity contribution in [2.45, 2.75) is 19.5 Å². The number of aliphatic hydroxyl groups is 1. The number of carbonyl (C=O) groups is 1. The molecule has 0 aliphatic heterocycles. The summed E-state index contributed by atoms with van der Waals surface area (Å²) in [7, 11) is 0. The third kappa shape index (κ3) is 5.32. The standard InChI is InChI=1S/C9H17F3N2O2/c1-2-7(5-13)8(16)14(3-4-15)6-9(10,11)12/h7,15H,2-6,13H2,1H3. The van der Waals surface area contributed by atoms with Gasteiger partial charge in [-0.15, -0.1) is 0 Å². The minimum Gasteiger partial charge on any atom is -0.395 e. The Hall–Kier alpha value is -0.820. The highest BCUT2D eigenvalue weighted by Crippen LogP contribution is 2.18.